The number of hydrogen-bond donors (Lipinski definition) is 0. The second-order valence-corrected chi connectivity index (χ2v) is 8.64. The van der Waals surface area contributed by atoms with Crippen molar-refractivity contribution in [2.45, 2.75) is 5.41 Å². The van der Waals surface area contributed by atoms with Crippen LogP contribution in [-0.2, 0) is 10.2 Å². The van der Waals surface area contributed by atoms with Crippen molar-refractivity contribution >= 4 is 34.6 Å². The van der Waals surface area contributed by atoms with Crippen molar-refractivity contribution in [3.05, 3.63) is 148 Å². The zero-order chi connectivity index (χ0) is 21.7. The van der Waals surface area contributed by atoms with Crippen LogP contribution in [-0.4, -0.2) is 5.78 Å². The van der Waals surface area contributed by atoms with E-state index in [1.54, 1.807) is 6.08 Å². The van der Waals surface area contributed by atoms with Crippen LogP contribution < -0.4 is 0 Å². The molecule has 0 fully saturated rings. The predicted octanol–water partition coefficient (Wildman–Crippen LogP) is 7.19. The Balaban J connectivity index is 1.82. The normalized spacial score (nSPS) is 18.7. The van der Waals surface area contributed by atoms with Crippen molar-refractivity contribution in [1.82, 2.24) is 0 Å². The summed E-state index contributed by atoms with van der Waals surface area (Å²) in [7, 11) is 0. The molecular weight excluding hydrogens is 412 g/mol. The molecule has 0 aromatic heterocycles. The van der Waals surface area contributed by atoms with Gasteiger partial charge in [-0.15, -0.1) is 0 Å². The number of hydrogen-bond acceptors (Lipinski definition) is 1. The first-order valence-corrected chi connectivity index (χ1v) is 11.1. The lowest BCUT2D eigenvalue weighted by Gasteiger charge is -2.36. The first-order valence-electron chi connectivity index (χ1n) is 10.7. The van der Waals surface area contributed by atoms with Gasteiger partial charge in [-0.3, -0.25) is 4.79 Å². The number of allylic oxidation sites excluding steroid dienone is 2. The Morgan fingerprint density at radius 3 is 2.03 bits per heavy atom. The quantitative estimate of drug-likeness (QED) is 0.328. The van der Waals surface area contributed by atoms with Crippen LogP contribution >= 0.6 is 11.6 Å². The van der Waals surface area contributed by atoms with Gasteiger partial charge in [0.2, 0.25) is 0 Å². The Bertz CT molecular complexity index is 1430. The maximum absolute atomic E-state index is 14.0. The Kier molecular flexibility index (Phi) is 4.28. The molecule has 0 amide bonds. The van der Waals surface area contributed by atoms with E-state index in [0.717, 1.165) is 44.5 Å². The van der Waals surface area contributed by atoms with E-state index in [2.05, 4.69) is 54.6 Å². The molecule has 0 saturated carbocycles. The highest BCUT2D eigenvalue weighted by atomic mass is 35.5. The van der Waals surface area contributed by atoms with Crippen molar-refractivity contribution in [2.24, 2.45) is 0 Å². The summed E-state index contributed by atoms with van der Waals surface area (Å²) in [5.41, 5.74) is 7.46. The number of ketones is 1. The fraction of sp³-hybridized carbons (Fsp3) is 0.0333. The van der Waals surface area contributed by atoms with Gasteiger partial charge >= 0.3 is 0 Å². The maximum atomic E-state index is 14.0. The van der Waals surface area contributed by atoms with Crippen molar-refractivity contribution in [1.29, 1.82) is 0 Å². The van der Waals surface area contributed by atoms with E-state index in [1.165, 1.54) is 0 Å². The molecule has 0 saturated heterocycles. The first kappa shape index (κ1) is 19.0. The number of halogens is 1. The van der Waals surface area contributed by atoms with Crippen molar-refractivity contribution in [3.8, 4) is 0 Å². The minimum absolute atomic E-state index is 0.0737. The average molecular weight is 431 g/mol. The molecule has 2 aliphatic rings. The molecule has 0 bridgehead atoms. The molecule has 2 heteroatoms. The molecule has 6 rings (SSSR count). The van der Waals surface area contributed by atoms with Crippen LogP contribution in [0.15, 0.2) is 109 Å². The standard InChI is InChI=1S/C30H19ClO/c31-23-16-17-25-22(19-23)15-18-27(32)30(25)26-14-8-7-13-24(26)28(20-9-3-1-4-10-20)29(30)21-11-5-2-6-12-21/h1-19H. The SMILES string of the molecule is O=C1C=Cc2cc(Cl)ccc2C12C(c1ccccc1)=C(c1ccccc1)c1ccccc12. The Morgan fingerprint density at radius 1 is 0.625 bits per heavy atom. The predicted molar refractivity (Wildman–Crippen MR) is 132 cm³/mol. The third kappa shape index (κ3) is 2.55. The van der Waals surface area contributed by atoms with Crippen molar-refractivity contribution in [2.75, 3.05) is 0 Å². The zero-order valence-corrected chi connectivity index (χ0v) is 18.0. The second-order valence-electron chi connectivity index (χ2n) is 8.21. The van der Waals surface area contributed by atoms with Crippen LogP contribution in [0.2, 0.25) is 5.02 Å². The van der Waals surface area contributed by atoms with E-state index in [9.17, 15) is 4.79 Å². The highest BCUT2D eigenvalue weighted by Gasteiger charge is 2.53. The van der Waals surface area contributed by atoms with E-state index in [-0.39, 0.29) is 5.78 Å². The lowest BCUT2D eigenvalue weighted by molar-refractivity contribution is -0.116. The van der Waals surface area contributed by atoms with E-state index in [4.69, 9.17) is 11.6 Å². The number of benzene rings is 4. The van der Waals surface area contributed by atoms with Crippen molar-refractivity contribution in [3.63, 3.8) is 0 Å². The minimum Gasteiger partial charge on any atom is -0.293 e. The highest BCUT2D eigenvalue weighted by Crippen LogP contribution is 2.58. The molecule has 0 N–H and O–H groups in total. The summed E-state index contributed by atoms with van der Waals surface area (Å²) in [6.07, 6.45) is 3.60. The molecule has 1 nitrogen and oxygen atoms in total. The third-order valence-corrected chi connectivity index (χ3v) is 6.79. The summed E-state index contributed by atoms with van der Waals surface area (Å²) in [5, 5.41) is 0.665. The number of carbonyl (C=O) groups excluding carboxylic acids is 1. The molecular formula is C30H19ClO. The fourth-order valence-corrected chi connectivity index (χ4v) is 5.51. The lowest BCUT2D eigenvalue weighted by atomic mass is 9.63. The van der Waals surface area contributed by atoms with Crippen LogP contribution in [0.3, 0.4) is 0 Å². The van der Waals surface area contributed by atoms with Gasteiger partial charge in [0.1, 0.15) is 5.41 Å². The van der Waals surface area contributed by atoms with Crippen LogP contribution in [0.5, 0.6) is 0 Å². The lowest BCUT2D eigenvalue weighted by Crippen LogP contribution is -2.38. The van der Waals surface area contributed by atoms with E-state index >= 15 is 0 Å². The summed E-state index contributed by atoms with van der Waals surface area (Å²) in [5.74, 6) is 0.0737. The first-order chi connectivity index (χ1) is 15.7. The molecule has 4 aromatic rings. The van der Waals surface area contributed by atoms with Gasteiger partial charge in [-0.05, 0) is 62.7 Å². The van der Waals surface area contributed by atoms with E-state index in [1.807, 2.05) is 54.6 Å². The van der Waals surface area contributed by atoms with Gasteiger partial charge in [0, 0.05) is 5.02 Å². The highest BCUT2D eigenvalue weighted by molar-refractivity contribution is 6.31. The molecule has 1 atom stereocenters. The van der Waals surface area contributed by atoms with Crippen LogP contribution in [0.25, 0.3) is 17.2 Å². The second kappa shape index (κ2) is 7.19. The molecule has 0 radical (unpaired) electrons. The molecule has 2 aliphatic carbocycles. The number of fused-ring (bicyclic) bond motifs is 4. The molecule has 4 aromatic carbocycles. The van der Waals surface area contributed by atoms with Crippen LogP contribution in [0.1, 0.15) is 33.4 Å². The third-order valence-electron chi connectivity index (χ3n) is 6.55. The molecule has 1 unspecified atom stereocenters. The van der Waals surface area contributed by atoms with Gasteiger partial charge in [-0.2, -0.15) is 0 Å². The summed E-state index contributed by atoms with van der Waals surface area (Å²) < 4.78 is 0. The Labute approximate surface area is 192 Å². The van der Waals surface area contributed by atoms with Crippen LogP contribution in [0, 0.1) is 0 Å². The number of rotatable bonds is 2. The summed E-state index contributed by atoms with van der Waals surface area (Å²) >= 11 is 6.36. The van der Waals surface area contributed by atoms with Gasteiger partial charge in [-0.25, -0.2) is 0 Å². The van der Waals surface area contributed by atoms with Gasteiger partial charge < -0.3 is 0 Å². The largest absolute Gasteiger partial charge is 0.293 e. The molecule has 0 aliphatic heterocycles. The summed E-state index contributed by atoms with van der Waals surface area (Å²) in [6, 6.07) is 34.8. The molecule has 32 heavy (non-hydrogen) atoms. The number of carbonyl (C=O) groups is 1. The molecule has 152 valence electrons. The van der Waals surface area contributed by atoms with Gasteiger partial charge in [0.25, 0.3) is 0 Å². The van der Waals surface area contributed by atoms with E-state index < -0.39 is 5.41 Å². The average Bonchev–Trinajstić information content (AvgIpc) is 3.14. The summed E-state index contributed by atoms with van der Waals surface area (Å²) in [6.45, 7) is 0. The zero-order valence-electron chi connectivity index (χ0n) is 17.3. The molecule has 1 spiro atoms. The van der Waals surface area contributed by atoms with Gasteiger partial charge in [0.15, 0.2) is 5.78 Å². The topological polar surface area (TPSA) is 17.1 Å². The van der Waals surface area contributed by atoms with Gasteiger partial charge in [0.05, 0.1) is 0 Å². The van der Waals surface area contributed by atoms with Crippen LogP contribution in [0.4, 0.5) is 0 Å². The molecule has 0 heterocycles. The van der Waals surface area contributed by atoms with Gasteiger partial charge in [-0.1, -0.05) is 109 Å². The van der Waals surface area contributed by atoms with E-state index in [0.29, 0.717) is 5.02 Å². The fourth-order valence-electron chi connectivity index (χ4n) is 5.33. The maximum Gasteiger partial charge on any atom is 0.175 e. The smallest absolute Gasteiger partial charge is 0.175 e. The minimum atomic E-state index is -0.919. The monoisotopic (exact) mass is 430 g/mol. The summed E-state index contributed by atoms with van der Waals surface area (Å²) in [4.78, 5) is 14.0. The Hall–Kier alpha value is -3.68. The van der Waals surface area contributed by atoms with Crippen molar-refractivity contribution < 1.29 is 4.79 Å². The Morgan fingerprint density at radius 2 is 1.28 bits per heavy atom.